The fourth-order valence-corrected chi connectivity index (χ4v) is 0.951. The summed E-state index contributed by atoms with van der Waals surface area (Å²) in [7, 11) is 0. The molecule has 0 bridgehead atoms. The van der Waals surface area contributed by atoms with E-state index in [4.69, 9.17) is 4.55 Å². The highest BCUT2D eigenvalue weighted by atomic mass is 32.2. The van der Waals surface area contributed by atoms with Crippen LogP contribution < -0.4 is 0 Å². The van der Waals surface area contributed by atoms with E-state index in [9.17, 15) is 13.0 Å². The predicted molar refractivity (Wildman–Crippen MR) is 38.2 cm³/mol. The van der Waals surface area contributed by atoms with Gasteiger partial charge in [-0.1, -0.05) is 0 Å². The fourth-order valence-electron chi connectivity index (χ4n) is 0.624. The van der Waals surface area contributed by atoms with E-state index >= 15 is 0 Å². The van der Waals surface area contributed by atoms with Crippen LogP contribution in [-0.2, 0) is 11.1 Å². The van der Waals surface area contributed by atoms with Crippen molar-refractivity contribution in [3.05, 3.63) is 24.0 Å². The van der Waals surface area contributed by atoms with E-state index in [1.54, 1.807) is 0 Å². The van der Waals surface area contributed by atoms with E-state index in [0.29, 0.717) is 0 Å². The Hall–Kier alpha value is -0.880. The molecule has 0 saturated heterocycles. The van der Waals surface area contributed by atoms with Gasteiger partial charge in [0.25, 0.3) is 6.43 Å². The van der Waals surface area contributed by atoms with Gasteiger partial charge in [0.1, 0.15) is 5.69 Å². The van der Waals surface area contributed by atoms with Crippen molar-refractivity contribution < 1.29 is 17.5 Å². The maximum atomic E-state index is 11.9. The van der Waals surface area contributed by atoms with Gasteiger partial charge in [-0.25, -0.2) is 13.0 Å². The van der Waals surface area contributed by atoms with Gasteiger partial charge >= 0.3 is 0 Å². The Morgan fingerprint density at radius 2 is 2.17 bits per heavy atom. The fraction of sp³-hybridized carbons (Fsp3) is 0.167. The van der Waals surface area contributed by atoms with Gasteiger partial charge in [0, 0.05) is 6.20 Å². The van der Waals surface area contributed by atoms with Crippen molar-refractivity contribution in [2.45, 2.75) is 11.3 Å². The maximum absolute atomic E-state index is 11.9. The molecule has 0 radical (unpaired) electrons. The lowest BCUT2D eigenvalue weighted by molar-refractivity contribution is 0.146. The van der Waals surface area contributed by atoms with Gasteiger partial charge in [-0.3, -0.25) is 4.98 Å². The first-order valence-corrected chi connectivity index (χ1v) is 4.07. The monoisotopic (exact) mass is 193 g/mol. The second kappa shape index (κ2) is 3.68. The first kappa shape index (κ1) is 9.21. The second-order valence-corrected chi connectivity index (χ2v) is 2.94. The van der Waals surface area contributed by atoms with Crippen molar-refractivity contribution >= 4 is 11.1 Å². The van der Waals surface area contributed by atoms with Gasteiger partial charge in [-0.05, 0) is 12.1 Å². The standard InChI is InChI=1S/C6H5F2NO2S/c7-6(8)5-2-1-4(3-9-5)12(10)11/h1-3,6H,(H,10,11). The molecule has 1 unspecified atom stereocenters. The zero-order valence-corrected chi connectivity index (χ0v) is 6.59. The topological polar surface area (TPSA) is 50.2 Å². The summed E-state index contributed by atoms with van der Waals surface area (Å²) in [4.78, 5) is 3.31. The van der Waals surface area contributed by atoms with Crippen LogP contribution in [-0.4, -0.2) is 13.7 Å². The van der Waals surface area contributed by atoms with Gasteiger partial charge in [0.05, 0.1) is 4.90 Å². The van der Waals surface area contributed by atoms with Gasteiger partial charge in [0.2, 0.25) is 0 Å². The molecule has 0 amide bonds. The average Bonchev–Trinajstić information content (AvgIpc) is 2.04. The van der Waals surface area contributed by atoms with E-state index < -0.39 is 23.2 Å². The smallest absolute Gasteiger partial charge is 0.280 e. The molecule has 1 heterocycles. The maximum Gasteiger partial charge on any atom is 0.280 e. The van der Waals surface area contributed by atoms with Crippen molar-refractivity contribution in [1.29, 1.82) is 0 Å². The Morgan fingerprint density at radius 1 is 1.50 bits per heavy atom. The summed E-state index contributed by atoms with van der Waals surface area (Å²) in [6.07, 6.45) is -1.69. The number of aromatic nitrogens is 1. The molecule has 1 aromatic heterocycles. The molecule has 1 rings (SSSR count). The van der Waals surface area contributed by atoms with E-state index in [2.05, 4.69) is 4.98 Å². The number of pyridine rings is 1. The highest BCUT2D eigenvalue weighted by Gasteiger charge is 2.08. The first-order valence-electron chi connectivity index (χ1n) is 2.96. The molecule has 1 N–H and O–H groups in total. The summed E-state index contributed by atoms with van der Waals surface area (Å²) in [6.45, 7) is 0. The summed E-state index contributed by atoms with van der Waals surface area (Å²) < 4.78 is 42.7. The summed E-state index contributed by atoms with van der Waals surface area (Å²) in [5.41, 5.74) is -0.399. The Labute approximate surface area is 69.7 Å². The number of alkyl halides is 2. The molecule has 0 aliphatic carbocycles. The number of rotatable bonds is 2. The summed E-state index contributed by atoms with van der Waals surface area (Å²) in [5.74, 6) is 0. The first-order chi connectivity index (χ1) is 5.61. The van der Waals surface area contributed by atoms with Gasteiger partial charge in [0.15, 0.2) is 11.1 Å². The molecule has 3 nitrogen and oxygen atoms in total. The minimum atomic E-state index is -2.65. The summed E-state index contributed by atoms with van der Waals surface area (Å²) >= 11 is -2.16. The third-order valence-electron chi connectivity index (χ3n) is 1.18. The molecule has 6 heteroatoms. The molecule has 0 aromatic carbocycles. The van der Waals surface area contributed by atoms with Crippen LogP contribution in [0.15, 0.2) is 23.2 Å². The number of hydrogen-bond acceptors (Lipinski definition) is 2. The van der Waals surface area contributed by atoms with Crippen molar-refractivity contribution in [2.24, 2.45) is 0 Å². The number of hydrogen-bond donors (Lipinski definition) is 1. The highest BCUT2D eigenvalue weighted by Crippen LogP contribution is 2.16. The minimum absolute atomic E-state index is 0.0133. The van der Waals surface area contributed by atoms with E-state index in [1.807, 2.05) is 0 Å². The van der Waals surface area contributed by atoms with Crippen LogP contribution >= 0.6 is 0 Å². The number of halogens is 2. The van der Waals surface area contributed by atoms with Gasteiger partial charge in [-0.15, -0.1) is 0 Å². The molecule has 0 aliphatic rings. The quantitative estimate of drug-likeness (QED) is 0.726. The van der Waals surface area contributed by atoms with Crippen LogP contribution in [0.2, 0.25) is 0 Å². The lowest BCUT2D eigenvalue weighted by Crippen LogP contribution is -1.93. The summed E-state index contributed by atoms with van der Waals surface area (Å²) in [6, 6.07) is 2.17. The van der Waals surface area contributed by atoms with Crippen molar-refractivity contribution in [1.82, 2.24) is 4.98 Å². The van der Waals surface area contributed by atoms with E-state index in [0.717, 1.165) is 18.3 Å². The average molecular weight is 193 g/mol. The molecule has 0 spiro atoms. The lowest BCUT2D eigenvalue weighted by atomic mass is 10.4. The number of nitrogens with zero attached hydrogens (tertiary/aromatic N) is 1. The third-order valence-corrected chi connectivity index (χ3v) is 1.83. The molecular formula is C6H5F2NO2S. The van der Waals surface area contributed by atoms with Crippen LogP contribution in [0.3, 0.4) is 0 Å². The predicted octanol–water partition coefficient (Wildman–Crippen LogP) is 1.60. The van der Waals surface area contributed by atoms with E-state index in [1.165, 1.54) is 0 Å². The van der Waals surface area contributed by atoms with Crippen molar-refractivity contribution in [2.75, 3.05) is 0 Å². The Kier molecular flexibility index (Phi) is 2.83. The molecule has 1 atom stereocenters. The molecule has 0 fully saturated rings. The van der Waals surface area contributed by atoms with Crippen LogP contribution in [0.4, 0.5) is 8.78 Å². The second-order valence-electron chi connectivity index (χ2n) is 1.97. The normalized spacial score (nSPS) is 13.3. The van der Waals surface area contributed by atoms with Crippen molar-refractivity contribution in [3.8, 4) is 0 Å². The zero-order chi connectivity index (χ0) is 9.14. The Bertz CT molecular complexity index is 288. The van der Waals surface area contributed by atoms with Crippen LogP contribution in [0.1, 0.15) is 12.1 Å². The lowest BCUT2D eigenvalue weighted by Gasteiger charge is -1.97. The minimum Gasteiger partial charge on any atom is -0.302 e. The molecule has 66 valence electrons. The molecule has 12 heavy (non-hydrogen) atoms. The molecule has 1 aromatic rings. The SMILES string of the molecule is O=S(O)c1ccc(C(F)F)nc1. The zero-order valence-electron chi connectivity index (χ0n) is 5.78. The summed E-state index contributed by atoms with van der Waals surface area (Å²) in [5, 5.41) is 0. The molecular weight excluding hydrogens is 188 g/mol. The third kappa shape index (κ3) is 2.05. The molecule has 0 saturated carbocycles. The Balaban J connectivity index is 2.93. The van der Waals surface area contributed by atoms with Crippen LogP contribution in [0.25, 0.3) is 0 Å². The largest absolute Gasteiger partial charge is 0.302 e. The van der Waals surface area contributed by atoms with E-state index in [-0.39, 0.29) is 4.90 Å². The molecule has 0 aliphatic heterocycles. The van der Waals surface area contributed by atoms with Crippen LogP contribution in [0, 0.1) is 0 Å². The Morgan fingerprint density at radius 3 is 2.50 bits per heavy atom. The van der Waals surface area contributed by atoms with Crippen LogP contribution in [0.5, 0.6) is 0 Å². The van der Waals surface area contributed by atoms with Gasteiger partial charge < -0.3 is 4.55 Å². The van der Waals surface area contributed by atoms with Gasteiger partial charge in [-0.2, -0.15) is 0 Å². The van der Waals surface area contributed by atoms with Crippen molar-refractivity contribution in [3.63, 3.8) is 0 Å². The highest BCUT2D eigenvalue weighted by molar-refractivity contribution is 7.79.